The van der Waals surface area contributed by atoms with Crippen molar-refractivity contribution in [2.24, 2.45) is 4.99 Å². The van der Waals surface area contributed by atoms with Gasteiger partial charge >= 0.3 is 0 Å². The number of fused-ring (bicyclic) bond motifs is 1. The highest BCUT2D eigenvalue weighted by molar-refractivity contribution is 6.50. The van der Waals surface area contributed by atoms with Crippen LogP contribution in [0.25, 0.3) is 0 Å². The first-order chi connectivity index (χ1) is 6.65. The Kier molecular flexibility index (Phi) is 2.21. The lowest BCUT2D eigenvalue weighted by molar-refractivity contribution is 0.104. The van der Waals surface area contributed by atoms with E-state index in [0.717, 1.165) is 0 Å². The normalized spacial score (nSPS) is 13.9. The second-order valence-electron chi connectivity index (χ2n) is 2.71. The minimum atomic E-state index is -0.263. The number of rotatable bonds is 0. The van der Waals surface area contributed by atoms with E-state index in [1.165, 1.54) is 7.11 Å². The standard InChI is InChI=1S/C9H5Cl2NO2/c1-14-9-8(13)4-2-3-5(10)6(11)7(4)12-9/h2-3H,1H3. The van der Waals surface area contributed by atoms with Crippen LogP contribution in [0.15, 0.2) is 17.1 Å². The molecular formula is C9H5Cl2NO2. The molecule has 0 saturated heterocycles. The number of aliphatic imine (C=N–C) groups is 1. The Balaban J connectivity index is 2.65. The van der Waals surface area contributed by atoms with Gasteiger partial charge in [0.25, 0.3) is 5.90 Å². The topological polar surface area (TPSA) is 38.7 Å². The number of carbonyl (C=O) groups excluding carboxylic acids is 1. The number of Topliss-reactive ketones (excluding diaryl/α,β-unsaturated/α-hetero) is 1. The van der Waals surface area contributed by atoms with Gasteiger partial charge in [-0.25, -0.2) is 4.99 Å². The van der Waals surface area contributed by atoms with Crippen LogP contribution in [0.3, 0.4) is 0 Å². The van der Waals surface area contributed by atoms with Gasteiger partial charge in [0, 0.05) is 0 Å². The molecule has 0 aliphatic carbocycles. The van der Waals surface area contributed by atoms with Crippen molar-refractivity contribution in [3.05, 3.63) is 27.7 Å². The second-order valence-corrected chi connectivity index (χ2v) is 3.49. The average molecular weight is 230 g/mol. The SMILES string of the molecule is COC1=Nc2c(ccc(Cl)c2Cl)C1=O. The lowest BCUT2D eigenvalue weighted by Crippen LogP contribution is -2.10. The number of hydrogen-bond acceptors (Lipinski definition) is 3. The van der Waals surface area contributed by atoms with Gasteiger partial charge in [0.1, 0.15) is 0 Å². The Morgan fingerprint density at radius 3 is 2.71 bits per heavy atom. The van der Waals surface area contributed by atoms with Gasteiger partial charge in [-0.1, -0.05) is 23.2 Å². The minimum absolute atomic E-state index is 0.0455. The summed E-state index contributed by atoms with van der Waals surface area (Å²) in [6.07, 6.45) is 0. The summed E-state index contributed by atoms with van der Waals surface area (Å²) in [6.45, 7) is 0. The van der Waals surface area contributed by atoms with E-state index >= 15 is 0 Å². The Bertz CT molecular complexity index is 454. The molecule has 0 radical (unpaired) electrons. The van der Waals surface area contributed by atoms with Gasteiger partial charge in [-0.15, -0.1) is 0 Å². The monoisotopic (exact) mass is 229 g/mol. The quantitative estimate of drug-likeness (QED) is 0.687. The van der Waals surface area contributed by atoms with Gasteiger partial charge in [0.05, 0.1) is 28.4 Å². The van der Waals surface area contributed by atoms with Gasteiger partial charge in [-0.2, -0.15) is 0 Å². The molecular weight excluding hydrogens is 225 g/mol. The highest BCUT2D eigenvalue weighted by Gasteiger charge is 2.28. The van der Waals surface area contributed by atoms with E-state index < -0.39 is 0 Å². The predicted octanol–water partition coefficient (Wildman–Crippen LogP) is 2.87. The van der Waals surface area contributed by atoms with Crippen LogP contribution in [-0.4, -0.2) is 18.8 Å². The van der Waals surface area contributed by atoms with Gasteiger partial charge in [0.2, 0.25) is 5.78 Å². The largest absolute Gasteiger partial charge is 0.478 e. The third kappa shape index (κ3) is 1.21. The molecule has 0 aromatic heterocycles. The first kappa shape index (κ1) is 9.49. The van der Waals surface area contributed by atoms with E-state index in [1.54, 1.807) is 12.1 Å². The Hall–Kier alpha value is -1.06. The van der Waals surface area contributed by atoms with Crippen LogP contribution in [-0.2, 0) is 4.74 Å². The van der Waals surface area contributed by atoms with Crippen molar-refractivity contribution in [3.63, 3.8) is 0 Å². The first-order valence-electron chi connectivity index (χ1n) is 3.80. The molecule has 0 N–H and O–H groups in total. The summed E-state index contributed by atoms with van der Waals surface area (Å²) in [7, 11) is 1.39. The molecule has 14 heavy (non-hydrogen) atoms. The molecule has 0 spiro atoms. The number of ether oxygens (including phenoxy) is 1. The molecule has 3 nitrogen and oxygen atoms in total. The van der Waals surface area contributed by atoms with Gasteiger partial charge < -0.3 is 4.74 Å². The highest BCUT2D eigenvalue weighted by Crippen LogP contribution is 2.38. The maximum Gasteiger partial charge on any atom is 0.263 e. The number of methoxy groups -OCH3 is 1. The van der Waals surface area contributed by atoms with Crippen LogP contribution in [0.5, 0.6) is 0 Å². The molecule has 1 aromatic rings. The second kappa shape index (κ2) is 3.26. The maximum atomic E-state index is 11.5. The number of halogens is 2. The zero-order chi connectivity index (χ0) is 10.3. The lowest BCUT2D eigenvalue weighted by atomic mass is 10.1. The number of nitrogens with zero attached hydrogens (tertiary/aromatic N) is 1. The Morgan fingerprint density at radius 1 is 1.36 bits per heavy atom. The molecule has 0 amide bonds. The molecule has 0 saturated carbocycles. The summed E-state index contributed by atoms with van der Waals surface area (Å²) < 4.78 is 4.80. The van der Waals surface area contributed by atoms with E-state index in [1.807, 2.05) is 0 Å². The van der Waals surface area contributed by atoms with Crippen molar-refractivity contribution in [2.75, 3.05) is 7.11 Å². The molecule has 72 valence electrons. The lowest BCUT2D eigenvalue weighted by Gasteiger charge is -1.99. The number of benzene rings is 1. The molecule has 0 fully saturated rings. The molecule has 1 aliphatic heterocycles. The Morgan fingerprint density at radius 2 is 2.07 bits per heavy atom. The summed E-state index contributed by atoms with van der Waals surface area (Å²) >= 11 is 11.7. The van der Waals surface area contributed by atoms with Crippen molar-refractivity contribution in [1.29, 1.82) is 0 Å². The van der Waals surface area contributed by atoms with Crippen molar-refractivity contribution in [3.8, 4) is 0 Å². The number of hydrogen-bond donors (Lipinski definition) is 0. The summed E-state index contributed by atoms with van der Waals surface area (Å²) in [5.74, 6) is -0.217. The minimum Gasteiger partial charge on any atom is -0.478 e. The van der Waals surface area contributed by atoms with Gasteiger partial charge in [0.15, 0.2) is 0 Å². The fourth-order valence-corrected chi connectivity index (χ4v) is 1.60. The zero-order valence-corrected chi connectivity index (χ0v) is 8.69. The maximum absolute atomic E-state index is 11.5. The van der Waals surface area contributed by atoms with Crippen molar-refractivity contribution < 1.29 is 9.53 Å². The van der Waals surface area contributed by atoms with Crippen LogP contribution in [0, 0.1) is 0 Å². The van der Waals surface area contributed by atoms with Crippen LogP contribution < -0.4 is 0 Å². The van der Waals surface area contributed by atoms with E-state index in [0.29, 0.717) is 16.3 Å². The highest BCUT2D eigenvalue weighted by atomic mass is 35.5. The third-order valence-corrected chi connectivity index (χ3v) is 2.71. The zero-order valence-electron chi connectivity index (χ0n) is 7.17. The van der Waals surface area contributed by atoms with Crippen molar-refractivity contribution >= 4 is 40.6 Å². The number of carbonyl (C=O) groups is 1. The fourth-order valence-electron chi connectivity index (χ4n) is 1.24. The number of ketones is 1. The smallest absolute Gasteiger partial charge is 0.263 e. The Labute approximate surface area is 90.3 Å². The van der Waals surface area contributed by atoms with Crippen LogP contribution in [0.4, 0.5) is 5.69 Å². The third-order valence-electron chi connectivity index (χ3n) is 1.91. The summed E-state index contributed by atoms with van der Waals surface area (Å²) in [6, 6.07) is 3.15. The van der Waals surface area contributed by atoms with E-state index in [-0.39, 0.29) is 16.7 Å². The summed E-state index contributed by atoms with van der Waals surface area (Å²) in [5.41, 5.74) is 0.817. The molecule has 1 aromatic carbocycles. The van der Waals surface area contributed by atoms with Crippen LogP contribution >= 0.6 is 23.2 Å². The fraction of sp³-hybridized carbons (Fsp3) is 0.111. The average Bonchev–Trinajstić information content (AvgIpc) is 2.50. The predicted molar refractivity (Wildman–Crippen MR) is 54.9 cm³/mol. The van der Waals surface area contributed by atoms with Gasteiger partial charge in [-0.3, -0.25) is 4.79 Å². The molecule has 0 bridgehead atoms. The molecule has 5 heteroatoms. The molecule has 2 rings (SSSR count). The van der Waals surface area contributed by atoms with Crippen LogP contribution in [0.2, 0.25) is 10.0 Å². The molecule has 1 heterocycles. The molecule has 1 aliphatic rings. The molecule has 0 unspecified atom stereocenters. The summed E-state index contributed by atoms with van der Waals surface area (Å²) in [4.78, 5) is 15.5. The van der Waals surface area contributed by atoms with E-state index in [2.05, 4.69) is 4.99 Å². The van der Waals surface area contributed by atoms with Crippen LogP contribution in [0.1, 0.15) is 10.4 Å². The van der Waals surface area contributed by atoms with Gasteiger partial charge in [-0.05, 0) is 12.1 Å². The van der Waals surface area contributed by atoms with E-state index in [9.17, 15) is 4.79 Å². The summed E-state index contributed by atoms with van der Waals surface area (Å²) in [5, 5.41) is 0.656. The van der Waals surface area contributed by atoms with Crippen molar-refractivity contribution in [1.82, 2.24) is 0 Å². The molecule has 0 atom stereocenters. The van der Waals surface area contributed by atoms with E-state index in [4.69, 9.17) is 27.9 Å². The first-order valence-corrected chi connectivity index (χ1v) is 4.56. The van der Waals surface area contributed by atoms with Crippen molar-refractivity contribution in [2.45, 2.75) is 0 Å².